The fourth-order valence-corrected chi connectivity index (χ4v) is 2.62. The van der Waals surface area contributed by atoms with Gasteiger partial charge in [-0.2, -0.15) is 0 Å². The van der Waals surface area contributed by atoms with Gasteiger partial charge in [-0.05, 0) is 49.9 Å². The molecule has 0 aliphatic rings. The van der Waals surface area contributed by atoms with Gasteiger partial charge in [0, 0.05) is 6.04 Å². The zero-order valence-electron chi connectivity index (χ0n) is 13.2. The molecule has 1 N–H and O–H groups in total. The van der Waals surface area contributed by atoms with Gasteiger partial charge >= 0.3 is 0 Å². The van der Waals surface area contributed by atoms with Crippen LogP contribution in [0.3, 0.4) is 0 Å². The Morgan fingerprint density at radius 2 is 1.74 bits per heavy atom. The lowest BCUT2D eigenvalue weighted by molar-refractivity contribution is 0.407. The fourth-order valence-electron chi connectivity index (χ4n) is 2.62. The van der Waals surface area contributed by atoms with E-state index in [1.54, 1.807) is 7.11 Å². The highest BCUT2D eigenvalue weighted by Crippen LogP contribution is 2.29. The normalized spacial score (nSPS) is 12.5. The minimum absolute atomic E-state index is 0.475. The number of rotatable bonds is 8. The molecule has 0 heterocycles. The molecule has 0 saturated heterocycles. The van der Waals surface area contributed by atoms with Crippen LogP contribution in [0.15, 0.2) is 12.1 Å². The molecule has 0 bridgehead atoms. The molecule has 0 aliphatic heterocycles. The molecular weight excluding hydrogens is 234 g/mol. The van der Waals surface area contributed by atoms with Crippen LogP contribution in [0.2, 0.25) is 0 Å². The second-order valence-corrected chi connectivity index (χ2v) is 5.34. The van der Waals surface area contributed by atoms with Gasteiger partial charge in [-0.1, -0.05) is 38.8 Å². The summed E-state index contributed by atoms with van der Waals surface area (Å²) >= 11 is 0. The van der Waals surface area contributed by atoms with Crippen LogP contribution in [-0.2, 0) is 0 Å². The molecule has 1 unspecified atom stereocenters. The minimum Gasteiger partial charge on any atom is -0.496 e. The molecule has 108 valence electrons. The number of hydrogen-bond acceptors (Lipinski definition) is 2. The van der Waals surface area contributed by atoms with Crippen molar-refractivity contribution in [2.75, 3.05) is 13.7 Å². The molecule has 19 heavy (non-hydrogen) atoms. The van der Waals surface area contributed by atoms with Gasteiger partial charge in [-0.25, -0.2) is 0 Å². The van der Waals surface area contributed by atoms with Crippen LogP contribution in [0.25, 0.3) is 0 Å². The van der Waals surface area contributed by atoms with Crippen molar-refractivity contribution in [3.63, 3.8) is 0 Å². The van der Waals surface area contributed by atoms with Crippen LogP contribution < -0.4 is 10.1 Å². The maximum Gasteiger partial charge on any atom is 0.124 e. The van der Waals surface area contributed by atoms with Crippen LogP contribution in [-0.4, -0.2) is 13.7 Å². The molecule has 2 nitrogen and oxygen atoms in total. The molecular formula is C17H29NO. The van der Waals surface area contributed by atoms with E-state index in [0.29, 0.717) is 6.04 Å². The van der Waals surface area contributed by atoms with E-state index >= 15 is 0 Å². The average Bonchev–Trinajstić information content (AvgIpc) is 2.38. The van der Waals surface area contributed by atoms with Crippen LogP contribution >= 0.6 is 0 Å². The van der Waals surface area contributed by atoms with Gasteiger partial charge in [-0.3, -0.25) is 0 Å². The monoisotopic (exact) mass is 263 g/mol. The zero-order valence-corrected chi connectivity index (χ0v) is 13.2. The van der Waals surface area contributed by atoms with Crippen LogP contribution in [0.4, 0.5) is 0 Å². The van der Waals surface area contributed by atoms with E-state index in [0.717, 1.165) is 12.3 Å². The van der Waals surface area contributed by atoms with Gasteiger partial charge in [0.25, 0.3) is 0 Å². The summed E-state index contributed by atoms with van der Waals surface area (Å²) in [6, 6.07) is 5.02. The topological polar surface area (TPSA) is 21.3 Å². The van der Waals surface area contributed by atoms with Crippen molar-refractivity contribution >= 4 is 0 Å². The largest absolute Gasteiger partial charge is 0.496 e. The Bertz CT molecular complexity index is 356. The van der Waals surface area contributed by atoms with Gasteiger partial charge < -0.3 is 10.1 Å². The molecule has 0 saturated carbocycles. The molecule has 1 aromatic rings. The van der Waals surface area contributed by atoms with Gasteiger partial charge in [0.05, 0.1) is 7.11 Å². The molecule has 0 radical (unpaired) electrons. The lowest BCUT2D eigenvalue weighted by Gasteiger charge is -2.21. The average molecular weight is 263 g/mol. The zero-order chi connectivity index (χ0) is 14.3. The van der Waals surface area contributed by atoms with Crippen molar-refractivity contribution < 1.29 is 4.74 Å². The van der Waals surface area contributed by atoms with E-state index < -0.39 is 0 Å². The van der Waals surface area contributed by atoms with Crippen LogP contribution in [0.5, 0.6) is 5.75 Å². The number of ether oxygens (including phenoxy) is 1. The van der Waals surface area contributed by atoms with E-state index in [1.807, 2.05) is 0 Å². The molecule has 0 spiro atoms. The number of methoxy groups -OCH3 is 1. The maximum atomic E-state index is 5.45. The van der Waals surface area contributed by atoms with Gasteiger partial charge in [0.2, 0.25) is 0 Å². The number of benzene rings is 1. The third kappa shape index (κ3) is 4.54. The Balaban J connectivity index is 2.94. The summed E-state index contributed by atoms with van der Waals surface area (Å²) in [6.07, 6.45) is 4.91. The van der Waals surface area contributed by atoms with Crippen molar-refractivity contribution in [2.24, 2.45) is 0 Å². The van der Waals surface area contributed by atoms with Crippen molar-refractivity contribution in [3.8, 4) is 5.75 Å². The molecule has 0 aromatic heterocycles. The van der Waals surface area contributed by atoms with Gasteiger partial charge in [-0.15, -0.1) is 0 Å². The van der Waals surface area contributed by atoms with Crippen LogP contribution in [0.1, 0.15) is 62.3 Å². The minimum atomic E-state index is 0.475. The van der Waals surface area contributed by atoms with E-state index in [1.165, 1.54) is 42.4 Å². The molecule has 0 fully saturated rings. The van der Waals surface area contributed by atoms with E-state index in [9.17, 15) is 0 Å². The smallest absolute Gasteiger partial charge is 0.124 e. The predicted octanol–water partition coefficient (Wildman–Crippen LogP) is 4.54. The van der Waals surface area contributed by atoms with Crippen LogP contribution in [0, 0.1) is 13.8 Å². The van der Waals surface area contributed by atoms with Gasteiger partial charge in [0.15, 0.2) is 0 Å². The Labute approximate surface area is 118 Å². The highest BCUT2D eigenvalue weighted by molar-refractivity contribution is 5.44. The summed E-state index contributed by atoms with van der Waals surface area (Å²) in [6.45, 7) is 9.81. The molecule has 0 aliphatic carbocycles. The first-order valence-corrected chi connectivity index (χ1v) is 7.52. The Hall–Kier alpha value is -1.02. The molecule has 1 aromatic carbocycles. The summed E-state index contributed by atoms with van der Waals surface area (Å²) in [5.74, 6) is 1.02. The predicted molar refractivity (Wildman–Crippen MR) is 83.0 cm³/mol. The summed E-state index contributed by atoms with van der Waals surface area (Å²) in [5, 5.41) is 3.67. The second kappa shape index (κ2) is 8.21. The lowest BCUT2D eigenvalue weighted by Crippen LogP contribution is -2.22. The van der Waals surface area contributed by atoms with E-state index in [-0.39, 0.29) is 0 Å². The molecule has 0 amide bonds. The van der Waals surface area contributed by atoms with E-state index in [2.05, 4.69) is 45.1 Å². The molecule has 1 atom stereocenters. The quantitative estimate of drug-likeness (QED) is 0.743. The number of aryl methyl sites for hydroxylation is 2. The van der Waals surface area contributed by atoms with Crippen molar-refractivity contribution in [2.45, 2.75) is 59.4 Å². The van der Waals surface area contributed by atoms with Crippen molar-refractivity contribution in [1.29, 1.82) is 0 Å². The Morgan fingerprint density at radius 1 is 1.11 bits per heavy atom. The fraction of sp³-hybridized carbons (Fsp3) is 0.647. The summed E-state index contributed by atoms with van der Waals surface area (Å²) in [4.78, 5) is 0. The van der Waals surface area contributed by atoms with Crippen molar-refractivity contribution in [3.05, 3.63) is 28.8 Å². The Kier molecular flexibility index (Phi) is 6.93. The standard InChI is InChI=1S/C17H29NO/c1-6-8-9-16(18-10-7-2)15-11-13(3)17(19-5)14(4)12-15/h11-12,16,18H,6-10H2,1-5H3. The highest BCUT2D eigenvalue weighted by atomic mass is 16.5. The third-order valence-corrected chi connectivity index (χ3v) is 3.58. The maximum absolute atomic E-state index is 5.45. The lowest BCUT2D eigenvalue weighted by atomic mass is 9.96. The summed E-state index contributed by atoms with van der Waals surface area (Å²) in [5.41, 5.74) is 3.87. The summed E-state index contributed by atoms with van der Waals surface area (Å²) in [7, 11) is 1.75. The van der Waals surface area contributed by atoms with Crippen molar-refractivity contribution in [1.82, 2.24) is 5.32 Å². The van der Waals surface area contributed by atoms with E-state index in [4.69, 9.17) is 4.74 Å². The number of hydrogen-bond donors (Lipinski definition) is 1. The first kappa shape index (κ1) is 16.0. The SMILES string of the molecule is CCCCC(NCCC)c1cc(C)c(OC)c(C)c1. The summed E-state index contributed by atoms with van der Waals surface area (Å²) < 4.78 is 5.45. The number of nitrogens with one attached hydrogen (secondary N) is 1. The van der Waals surface area contributed by atoms with Gasteiger partial charge in [0.1, 0.15) is 5.75 Å². The first-order chi connectivity index (χ1) is 9.13. The third-order valence-electron chi connectivity index (χ3n) is 3.58. The highest BCUT2D eigenvalue weighted by Gasteiger charge is 2.13. The number of unbranched alkanes of at least 4 members (excludes halogenated alkanes) is 1. The Morgan fingerprint density at radius 3 is 2.21 bits per heavy atom. The molecule has 1 rings (SSSR count). The first-order valence-electron chi connectivity index (χ1n) is 7.52. The molecule has 2 heteroatoms. The second-order valence-electron chi connectivity index (χ2n) is 5.34.